The molecule has 0 unspecified atom stereocenters. The molecule has 0 spiro atoms. The summed E-state index contributed by atoms with van der Waals surface area (Å²) in [6, 6.07) is 7.24. The van der Waals surface area contributed by atoms with Crippen molar-refractivity contribution in [2.75, 3.05) is 33.7 Å². The van der Waals surface area contributed by atoms with Gasteiger partial charge in [0, 0.05) is 31.6 Å². The summed E-state index contributed by atoms with van der Waals surface area (Å²) in [4.78, 5) is 25.4. The number of nitrogens with two attached hydrogens (primary N) is 1. The van der Waals surface area contributed by atoms with Crippen molar-refractivity contribution < 1.29 is 9.59 Å². The predicted molar refractivity (Wildman–Crippen MR) is 87.5 cm³/mol. The van der Waals surface area contributed by atoms with Gasteiger partial charge in [0.25, 0.3) is 5.91 Å². The number of hydrogen-bond acceptors (Lipinski definition) is 4. The third-order valence-electron chi connectivity index (χ3n) is 3.16. The van der Waals surface area contributed by atoms with Gasteiger partial charge in [0.15, 0.2) is 0 Å². The van der Waals surface area contributed by atoms with Crippen molar-refractivity contribution in [3.8, 4) is 0 Å². The Morgan fingerprint density at radius 2 is 1.82 bits per heavy atom. The van der Waals surface area contributed by atoms with Crippen LogP contribution in [0.1, 0.15) is 28.8 Å². The maximum atomic E-state index is 11.9. The fourth-order valence-corrected chi connectivity index (χ4v) is 1.82. The summed E-state index contributed by atoms with van der Waals surface area (Å²) in [6.45, 7) is 2.40. The Labute approximate surface area is 132 Å². The topological polar surface area (TPSA) is 87.5 Å². The van der Waals surface area contributed by atoms with Crippen LogP contribution in [0.5, 0.6) is 0 Å². The molecule has 6 nitrogen and oxygen atoms in total. The Morgan fingerprint density at radius 1 is 1.14 bits per heavy atom. The molecule has 0 heterocycles. The van der Waals surface area contributed by atoms with Gasteiger partial charge in [-0.3, -0.25) is 9.59 Å². The first-order valence-corrected chi connectivity index (χ1v) is 7.51. The Kier molecular flexibility index (Phi) is 8.17. The van der Waals surface area contributed by atoms with Gasteiger partial charge >= 0.3 is 0 Å². The highest BCUT2D eigenvalue weighted by Crippen LogP contribution is 2.04. The van der Waals surface area contributed by atoms with E-state index < -0.39 is 0 Å². The van der Waals surface area contributed by atoms with Crippen LogP contribution in [0.3, 0.4) is 0 Å². The van der Waals surface area contributed by atoms with Crippen LogP contribution >= 0.6 is 0 Å². The molecule has 6 heteroatoms. The molecule has 0 atom stereocenters. The zero-order valence-corrected chi connectivity index (χ0v) is 13.4. The maximum Gasteiger partial charge on any atom is 0.251 e. The largest absolute Gasteiger partial charge is 0.352 e. The van der Waals surface area contributed by atoms with Gasteiger partial charge in [-0.1, -0.05) is 12.1 Å². The fraction of sp³-hybridized carbons (Fsp3) is 0.500. The SMILES string of the molecule is CN(C)CCNC(=O)c1ccc(CNC(=O)CCCN)cc1. The summed E-state index contributed by atoms with van der Waals surface area (Å²) in [5, 5.41) is 5.69. The van der Waals surface area contributed by atoms with Gasteiger partial charge in [0.1, 0.15) is 0 Å². The van der Waals surface area contributed by atoms with E-state index in [1.54, 1.807) is 12.1 Å². The summed E-state index contributed by atoms with van der Waals surface area (Å²) in [6.07, 6.45) is 1.14. The number of hydrogen-bond donors (Lipinski definition) is 3. The van der Waals surface area contributed by atoms with Gasteiger partial charge < -0.3 is 21.3 Å². The summed E-state index contributed by atoms with van der Waals surface area (Å²) in [7, 11) is 3.92. The molecule has 0 bridgehead atoms. The molecule has 122 valence electrons. The lowest BCUT2D eigenvalue weighted by atomic mass is 10.1. The van der Waals surface area contributed by atoms with Crippen molar-refractivity contribution in [2.24, 2.45) is 5.73 Å². The first-order chi connectivity index (χ1) is 10.5. The van der Waals surface area contributed by atoms with Crippen molar-refractivity contribution in [1.82, 2.24) is 15.5 Å². The molecule has 1 aromatic rings. The van der Waals surface area contributed by atoms with E-state index in [1.807, 2.05) is 31.1 Å². The van der Waals surface area contributed by atoms with Crippen LogP contribution < -0.4 is 16.4 Å². The minimum absolute atomic E-state index is 0.00375. The van der Waals surface area contributed by atoms with Crippen LogP contribution in [0, 0.1) is 0 Å². The molecular weight excluding hydrogens is 280 g/mol. The molecule has 22 heavy (non-hydrogen) atoms. The molecule has 1 aromatic carbocycles. The molecule has 0 aromatic heterocycles. The Morgan fingerprint density at radius 3 is 2.41 bits per heavy atom. The van der Waals surface area contributed by atoms with E-state index in [9.17, 15) is 9.59 Å². The number of nitrogens with zero attached hydrogens (tertiary/aromatic N) is 1. The van der Waals surface area contributed by atoms with Gasteiger partial charge in [0.05, 0.1) is 0 Å². The van der Waals surface area contributed by atoms with Crippen LogP contribution in [-0.2, 0) is 11.3 Å². The summed E-state index contributed by atoms with van der Waals surface area (Å²) < 4.78 is 0. The van der Waals surface area contributed by atoms with Crippen molar-refractivity contribution in [1.29, 1.82) is 0 Å². The number of amides is 2. The van der Waals surface area contributed by atoms with E-state index >= 15 is 0 Å². The average molecular weight is 306 g/mol. The number of rotatable bonds is 9. The maximum absolute atomic E-state index is 11.9. The van der Waals surface area contributed by atoms with Gasteiger partial charge in [-0.15, -0.1) is 0 Å². The van der Waals surface area contributed by atoms with E-state index in [1.165, 1.54) is 0 Å². The minimum atomic E-state index is -0.0830. The number of benzene rings is 1. The zero-order chi connectivity index (χ0) is 16.4. The van der Waals surface area contributed by atoms with Crippen molar-refractivity contribution in [3.63, 3.8) is 0 Å². The Hall–Kier alpha value is -1.92. The number of nitrogens with one attached hydrogen (secondary N) is 2. The Balaban J connectivity index is 2.39. The van der Waals surface area contributed by atoms with Crippen LogP contribution in [0.25, 0.3) is 0 Å². The lowest BCUT2D eigenvalue weighted by Gasteiger charge is -2.10. The standard InChI is InChI=1S/C16H26N4O2/c1-20(2)11-10-18-16(22)14-7-5-13(6-8-14)12-19-15(21)4-3-9-17/h5-8H,3-4,9-12,17H2,1-2H3,(H,18,22)(H,19,21). The normalized spacial score (nSPS) is 10.5. The van der Waals surface area contributed by atoms with Gasteiger partial charge in [-0.25, -0.2) is 0 Å². The number of carbonyl (C=O) groups is 2. The smallest absolute Gasteiger partial charge is 0.251 e. The molecule has 2 amide bonds. The molecule has 0 fully saturated rings. The molecule has 0 saturated heterocycles. The second kappa shape index (κ2) is 9.92. The molecule has 0 saturated carbocycles. The quantitative estimate of drug-likeness (QED) is 0.614. The van der Waals surface area contributed by atoms with Crippen LogP contribution in [-0.4, -0.2) is 50.4 Å². The highest BCUT2D eigenvalue weighted by molar-refractivity contribution is 5.94. The van der Waals surface area contributed by atoms with Gasteiger partial charge in [-0.2, -0.15) is 0 Å². The second-order valence-corrected chi connectivity index (χ2v) is 5.43. The van der Waals surface area contributed by atoms with Gasteiger partial charge in [0.2, 0.25) is 5.91 Å². The monoisotopic (exact) mass is 306 g/mol. The third kappa shape index (κ3) is 7.19. The molecule has 0 aliphatic rings. The lowest BCUT2D eigenvalue weighted by molar-refractivity contribution is -0.121. The molecule has 1 rings (SSSR count). The van der Waals surface area contributed by atoms with Crippen molar-refractivity contribution in [3.05, 3.63) is 35.4 Å². The van der Waals surface area contributed by atoms with E-state index in [2.05, 4.69) is 10.6 Å². The first-order valence-electron chi connectivity index (χ1n) is 7.51. The van der Waals surface area contributed by atoms with Crippen LogP contribution in [0.15, 0.2) is 24.3 Å². The molecular formula is C16H26N4O2. The lowest BCUT2D eigenvalue weighted by Crippen LogP contribution is -2.31. The van der Waals surface area contributed by atoms with E-state index in [0.29, 0.717) is 38.0 Å². The predicted octanol–water partition coefficient (Wildman–Crippen LogP) is 0.333. The number of carbonyl (C=O) groups excluding carboxylic acids is 2. The highest BCUT2D eigenvalue weighted by Gasteiger charge is 2.05. The zero-order valence-electron chi connectivity index (χ0n) is 13.4. The highest BCUT2D eigenvalue weighted by atomic mass is 16.2. The number of likely N-dealkylation sites (N-methyl/N-ethyl adjacent to an activating group) is 1. The van der Waals surface area contributed by atoms with Crippen LogP contribution in [0.2, 0.25) is 0 Å². The molecule has 4 N–H and O–H groups in total. The van der Waals surface area contributed by atoms with E-state index in [4.69, 9.17) is 5.73 Å². The van der Waals surface area contributed by atoms with E-state index in [-0.39, 0.29) is 11.8 Å². The fourth-order valence-electron chi connectivity index (χ4n) is 1.82. The third-order valence-corrected chi connectivity index (χ3v) is 3.16. The summed E-state index contributed by atoms with van der Waals surface area (Å²) in [5.41, 5.74) is 6.95. The second-order valence-electron chi connectivity index (χ2n) is 5.43. The first kappa shape index (κ1) is 18.1. The summed E-state index contributed by atoms with van der Waals surface area (Å²) >= 11 is 0. The van der Waals surface area contributed by atoms with Crippen LogP contribution in [0.4, 0.5) is 0 Å². The van der Waals surface area contributed by atoms with E-state index in [0.717, 1.165) is 12.1 Å². The molecule has 0 radical (unpaired) electrons. The van der Waals surface area contributed by atoms with Gasteiger partial charge in [-0.05, 0) is 44.8 Å². The molecule has 0 aliphatic heterocycles. The average Bonchev–Trinajstić information content (AvgIpc) is 2.51. The summed E-state index contributed by atoms with van der Waals surface area (Å²) in [5.74, 6) is -0.0867. The van der Waals surface area contributed by atoms with Crippen molar-refractivity contribution >= 4 is 11.8 Å². The molecule has 0 aliphatic carbocycles. The Bertz CT molecular complexity index is 472. The van der Waals surface area contributed by atoms with Crippen molar-refractivity contribution in [2.45, 2.75) is 19.4 Å². The minimum Gasteiger partial charge on any atom is -0.352 e.